The molecule has 2 N–H and O–H groups in total. The number of methoxy groups -OCH3 is 1. The maximum Gasteiger partial charge on any atom is 0.133 e. The Hall–Kier alpha value is -3.99. The van der Waals surface area contributed by atoms with E-state index in [2.05, 4.69) is 10.2 Å². The van der Waals surface area contributed by atoms with E-state index in [4.69, 9.17) is 9.47 Å². The van der Waals surface area contributed by atoms with E-state index in [-0.39, 0.29) is 5.75 Å². The monoisotopic (exact) mass is 398 g/mol. The average molecular weight is 398 g/mol. The molecule has 30 heavy (non-hydrogen) atoms. The highest BCUT2D eigenvalue weighted by atomic mass is 16.5. The Kier molecular flexibility index (Phi) is 5.80. The lowest BCUT2D eigenvalue weighted by Gasteiger charge is -2.11. The quantitative estimate of drug-likeness (QED) is 0.429. The number of rotatable bonds is 7. The van der Waals surface area contributed by atoms with Crippen LogP contribution in [0.1, 0.15) is 16.8 Å². The van der Waals surface area contributed by atoms with Crippen LogP contribution in [0.15, 0.2) is 78.9 Å². The van der Waals surface area contributed by atoms with Crippen LogP contribution in [0.3, 0.4) is 0 Å². The van der Waals surface area contributed by atoms with Gasteiger partial charge in [-0.15, -0.1) is 0 Å². The second-order valence-electron chi connectivity index (χ2n) is 6.74. The number of benzene rings is 3. The predicted octanol–water partition coefficient (Wildman–Crippen LogP) is 5.54. The summed E-state index contributed by atoms with van der Waals surface area (Å²) in [6.45, 7) is 0.409. The Morgan fingerprint density at radius 2 is 1.73 bits per heavy atom. The largest absolute Gasteiger partial charge is 0.507 e. The number of aromatic amines is 1. The van der Waals surface area contributed by atoms with E-state index < -0.39 is 0 Å². The Morgan fingerprint density at radius 3 is 2.50 bits per heavy atom. The lowest BCUT2D eigenvalue weighted by Crippen LogP contribution is -1.97. The van der Waals surface area contributed by atoms with Crippen molar-refractivity contribution < 1.29 is 14.6 Å². The van der Waals surface area contributed by atoms with E-state index in [1.165, 1.54) is 0 Å². The van der Waals surface area contributed by atoms with Crippen molar-refractivity contribution in [1.29, 1.82) is 0 Å². The molecule has 0 aliphatic carbocycles. The fourth-order valence-electron chi connectivity index (χ4n) is 3.08. The number of H-pyrrole nitrogens is 1. The van der Waals surface area contributed by atoms with Crippen molar-refractivity contribution in [2.24, 2.45) is 0 Å². The van der Waals surface area contributed by atoms with Crippen molar-refractivity contribution in [2.75, 3.05) is 7.11 Å². The maximum atomic E-state index is 10.4. The second kappa shape index (κ2) is 9.01. The number of ether oxygens (including phenoxy) is 2. The van der Waals surface area contributed by atoms with Gasteiger partial charge in [-0.25, -0.2) is 0 Å². The average Bonchev–Trinajstić information content (AvgIpc) is 3.26. The lowest BCUT2D eigenvalue weighted by atomic mass is 10.1. The van der Waals surface area contributed by atoms with Gasteiger partial charge in [-0.1, -0.05) is 54.6 Å². The van der Waals surface area contributed by atoms with E-state index in [0.29, 0.717) is 23.6 Å². The van der Waals surface area contributed by atoms with Gasteiger partial charge in [-0.2, -0.15) is 5.10 Å². The number of nitrogens with zero attached hydrogens (tertiary/aromatic N) is 1. The molecule has 0 unspecified atom stereocenters. The van der Waals surface area contributed by atoms with Crippen LogP contribution >= 0.6 is 0 Å². The molecule has 0 saturated carbocycles. The van der Waals surface area contributed by atoms with Crippen LogP contribution in [0, 0.1) is 0 Å². The Balaban J connectivity index is 1.54. The minimum Gasteiger partial charge on any atom is -0.507 e. The first-order valence-corrected chi connectivity index (χ1v) is 9.59. The molecule has 0 radical (unpaired) electrons. The molecule has 0 bridgehead atoms. The molecule has 150 valence electrons. The van der Waals surface area contributed by atoms with Crippen LogP contribution in [0.4, 0.5) is 0 Å². The summed E-state index contributed by atoms with van der Waals surface area (Å²) in [4.78, 5) is 0. The highest BCUT2D eigenvalue weighted by Gasteiger charge is 2.14. The number of phenolic OH excluding ortho intramolecular Hbond substituents is 1. The van der Waals surface area contributed by atoms with Gasteiger partial charge in [0.05, 0.1) is 18.4 Å². The molecule has 1 heterocycles. The van der Waals surface area contributed by atoms with Crippen molar-refractivity contribution in [3.63, 3.8) is 0 Å². The number of aromatic hydroxyl groups is 1. The van der Waals surface area contributed by atoms with Gasteiger partial charge in [0.1, 0.15) is 29.5 Å². The standard InChI is InChI=1S/C25H22N2O3/c1-29-21-14-11-18(12-15-21)10-13-20-16-22(27-26-20)25-23(28)8-5-9-24(25)30-17-19-6-3-2-4-7-19/h2-16,28H,17H2,1H3,(H,26,27)/b13-10+. The van der Waals surface area contributed by atoms with E-state index in [0.717, 1.165) is 22.6 Å². The molecule has 3 aromatic carbocycles. The number of hydrogen-bond donors (Lipinski definition) is 2. The zero-order valence-electron chi connectivity index (χ0n) is 16.6. The zero-order chi connectivity index (χ0) is 20.8. The number of nitrogens with one attached hydrogen (secondary N) is 1. The molecule has 0 saturated heterocycles. The minimum atomic E-state index is 0.123. The summed E-state index contributed by atoms with van der Waals surface area (Å²) >= 11 is 0. The van der Waals surface area contributed by atoms with Crippen LogP contribution in [-0.2, 0) is 6.61 Å². The van der Waals surface area contributed by atoms with Crippen molar-refractivity contribution in [1.82, 2.24) is 10.2 Å². The first-order chi connectivity index (χ1) is 14.7. The first kappa shape index (κ1) is 19.3. The maximum absolute atomic E-state index is 10.4. The van der Waals surface area contributed by atoms with Gasteiger partial charge in [0, 0.05) is 0 Å². The van der Waals surface area contributed by atoms with Crippen molar-refractivity contribution in [2.45, 2.75) is 6.61 Å². The number of phenols is 1. The van der Waals surface area contributed by atoms with Gasteiger partial charge in [0.25, 0.3) is 0 Å². The summed E-state index contributed by atoms with van der Waals surface area (Å²) in [6.07, 6.45) is 3.91. The summed E-state index contributed by atoms with van der Waals surface area (Å²) < 4.78 is 11.2. The summed E-state index contributed by atoms with van der Waals surface area (Å²) in [5, 5.41) is 17.8. The molecular formula is C25H22N2O3. The molecule has 0 aliphatic rings. The number of aromatic nitrogens is 2. The van der Waals surface area contributed by atoms with Crippen LogP contribution < -0.4 is 9.47 Å². The predicted molar refractivity (Wildman–Crippen MR) is 118 cm³/mol. The molecular weight excluding hydrogens is 376 g/mol. The molecule has 5 nitrogen and oxygen atoms in total. The zero-order valence-corrected chi connectivity index (χ0v) is 16.6. The molecule has 0 spiro atoms. The van der Waals surface area contributed by atoms with Gasteiger partial charge in [-0.05, 0) is 47.5 Å². The third-order valence-electron chi connectivity index (χ3n) is 4.67. The molecule has 5 heteroatoms. The normalized spacial score (nSPS) is 11.0. The highest BCUT2D eigenvalue weighted by Crippen LogP contribution is 2.37. The minimum absolute atomic E-state index is 0.123. The fraction of sp³-hybridized carbons (Fsp3) is 0.0800. The molecule has 0 amide bonds. The van der Waals surface area contributed by atoms with Crippen LogP contribution in [-0.4, -0.2) is 22.4 Å². The van der Waals surface area contributed by atoms with Gasteiger partial charge in [0.2, 0.25) is 0 Å². The van der Waals surface area contributed by atoms with Crippen LogP contribution in [0.2, 0.25) is 0 Å². The van der Waals surface area contributed by atoms with E-state index >= 15 is 0 Å². The van der Waals surface area contributed by atoms with Crippen molar-refractivity contribution >= 4 is 12.2 Å². The summed E-state index contributed by atoms with van der Waals surface area (Å²) in [7, 11) is 1.65. The third kappa shape index (κ3) is 4.52. The SMILES string of the molecule is COc1ccc(/C=C/c2cc(-c3c(O)cccc3OCc3ccccc3)n[nH]2)cc1. The van der Waals surface area contributed by atoms with Crippen LogP contribution in [0.5, 0.6) is 17.2 Å². The molecule has 4 rings (SSSR count). The summed E-state index contributed by atoms with van der Waals surface area (Å²) in [5.41, 5.74) is 4.09. The highest BCUT2D eigenvalue weighted by molar-refractivity contribution is 5.76. The Labute approximate surface area is 175 Å². The van der Waals surface area contributed by atoms with Gasteiger partial charge < -0.3 is 14.6 Å². The van der Waals surface area contributed by atoms with Crippen molar-refractivity contribution in [3.05, 3.63) is 95.7 Å². The van der Waals surface area contributed by atoms with Crippen LogP contribution in [0.25, 0.3) is 23.4 Å². The summed E-state index contributed by atoms with van der Waals surface area (Å²) in [6, 6.07) is 24.8. The molecule has 0 fully saturated rings. The molecule has 0 atom stereocenters. The van der Waals surface area contributed by atoms with E-state index in [1.807, 2.05) is 78.9 Å². The first-order valence-electron chi connectivity index (χ1n) is 9.59. The van der Waals surface area contributed by atoms with Gasteiger partial charge >= 0.3 is 0 Å². The van der Waals surface area contributed by atoms with E-state index in [9.17, 15) is 5.11 Å². The Morgan fingerprint density at radius 1 is 0.933 bits per heavy atom. The Bertz CT molecular complexity index is 1130. The smallest absolute Gasteiger partial charge is 0.133 e. The number of hydrogen-bond acceptors (Lipinski definition) is 4. The lowest BCUT2D eigenvalue weighted by molar-refractivity contribution is 0.306. The van der Waals surface area contributed by atoms with E-state index in [1.54, 1.807) is 19.2 Å². The second-order valence-corrected chi connectivity index (χ2v) is 6.74. The summed E-state index contributed by atoms with van der Waals surface area (Å²) in [5.74, 6) is 1.52. The fourth-order valence-corrected chi connectivity index (χ4v) is 3.08. The topological polar surface area (TPSA) is 67.4 Å². The van der Waals surface area contributed by atoms with Crippen molar-refractivity contribution in [3.8, 4) is 28.5 Å². The van der Waals surface area contributed by atoms with Gasteiger partial charge in [0.15, 0.2) is 0 Å². The molecule has 4 aromatic rings. The third-order valence-corrected chi connectivity index (χ3v) is 4.67. The molecule has 1 aromatic heterocycles. The van der Waals surface area contributed by atoms with Gasteiger partial charge in [-0.3, -0.25) is 5.10 Å². The molecule has 0 aliphatic heterocycles.